The molecule has 2 heterocycles. The highest BCUT2D eigenvalue weighted by Crippen LogP contribution is 2.24. The Morgan fingerprint density at radius 2 is 2.00 bits per heavy atom. The number of aliphatic hydroxyl groups excluding tert-OH is 1. The molecule has 0 aromatic heterocycles. The molecule has 2 aromatic rings. The number of carbonyl (C=O) groups excluding carboxylic acids is 1. The summed E-state index contributed by atoms with van der Waals surface area (Å²) in [7, 11) is 1.68. The van der Waals surface area contributed by atoms with Crippen molar-refractivity contribution in [1.29, 1.82) is 0 Å². The van der Waals surface area contributed by atoms with E-state index < -0.39 is 6.10 Å². The Morgan fingerprint density at radius 1 is 1.18 bits per heavy atom. The van der Waals surface area contributed by atoms with Crippen LogP contribution in [-0.2, 0) is 19.4 Å². The van der Waals surface area contributed by atoms with Gasteiger partial charge in [0, 0.05) is 63.4 Å². The van der Waals surface area contributed by atoms with Crippen LogP contribution in [-0.4, -0.2) is 66.4 Å². The van der Waals surface area contributed by atoms with Gasteiger partial charge in [-0.15, -0.1) is 0 Å². The largest absolute Gasteiger partial charge is 0.403 e. The zero-order chi connectivity index (χ0) is 23.9. The van der Waals surface area contributed by atoms with E-state index in [2.05, 4.69) is 39.5 Å². The fourth-order valence-electron chi connectivity index (χ4n) is 4.82. The van der Waals surface area contributed by atoms with Crippen LogP contribution < -0.4 is 11.1 Å². The standard InChI is InChI=1S/C27H35N5O2/c1-29-17-24(16-28)30-23-9-8-21-7-4-12-32(27(34)26(21)15-23)19-25(33)11-14-31-13-10-20-5-2-3-6-22(20)18-31/h2-3,5-6,8-9,15-17,25,30,33H,4,7,10-14,18-19,28H2,1H3. The minimum absolute atomic E-state index is 0.0236. The van der Waals surface area contributed by atoms with Crippen molar-refractivity contribution >= 4 is 17.8 Å². The number of aliphatic hydroxyl groups is 1. The number of carbonyl (C=O) groups is 1. The maximum Gasteiger partial charge on any atom is 0.254 e. The second kappa shape index (κ2) is 11.3. The molecule has 2 aromatic carbocycles. The molecule has 7 nitrogen and oxygen atoms in total. The second-order valence-electron chi connectivity index (χ2n) is 9.10. The molecule has 34 heavy (non-hydrogen) atoms. The summed E-state index contributed by atoms with van der Waals surface area (Å²) in [5.41, 5.74) is 11.6. The average molecular weight is 462 g/mol. The van der Waals surface area contributed by atoms with Crippen molar-refractivity contribution in [3.63, 3.8) is 0 Å². The summed E-state index contributed by atoms with van der Waals surface area (Å²) in [6.45, 7) is 3.78. The van der Waals surface area contributed by atoms with Gasteiger partial charge in [-0.3, -0.25) is 14.7 Å². The number of fused-ring (bicyclic) bond motifs is 2. The summed E-state index contributed by atoms with van der Waals surface area (Å²) < 4.78 is 0. The van der Waals surface area contributed by atoms with Crippen LogP contribution in [0.25, 0.3) is 0 Å². The molecule has 0 spiro atoms. The Morgan fingerprint density at radius 3 is 2.79 bits per heavy atom. The van der Waals surface area contributed by atoms with E-state index in [1.807, 2.05) is 18.2 Å². The van der Waals surface area contributed by atoms with Crippen LogP contribution in [0.2, 0.25) is 0 Å². The van der Waals surface area contributed by atoms with Gasteiger partial charge in [-0.1, -0.05) is 30.3 Å². The third kappa shape index (κ3) is 5.85. The molecule has 4 N–H and O–H groups in total. The van der Waals surface area contributed by atoms with Crippen molar-refractivity contribution in [1.82, 2.24) is 9.80 Å². The lowest BCUT2D eigenvalue weighted by molar-refractivity contribution is 0.0586. The summed E-state index contributed by atoms with van der Waals surface area (Å²) in [6.07, 6.45) is 5.98. The molecule has 0 aliphatic carbocycles. The molecule has 180 valence electrons. The van der Waals surface area contributed by atoms with Gasteiger partial charge in [0.15, 0.2) is 0 Å². The van der Waals surface area contributed by atoms with Crippen LogP contribution in [0.3, 0.4) is 0 Å². The smallest absolute Gasteiger partial charge is 0.254 e. The Balaban J connectivity index is 1.36. The normalized spacial score (nSPS) is 17.9. The van der Waals surface area contributed by atoms with Crippen molar-refractivity contribution in [3.05, 3.63) is 76.6 Å². The molecule has 0 fully saturated rings. The maximum absolute atomic E-state index is 13.4. The molecule has 2 aliphatic rings. The third-order valence-corrected chi connectivity index (χ3v) is 6.66. The second-order valence-corrected chi connectivity index (χ2v) is 9.10. The third-order valence-electron chi connectivity index (χ3n) is 6.66. The number of benzene rings is 2. The number of nitrogens with zero attached hydrogens (tertiary/aromatic N) is 3. The van der Waals surface area contributed by atoms with Crippen LogP contribution in [0, 0.1) is 0 Å². The molecular formula is C27H35N5O2. The van der Waals surface area contributed by atoms with Gasteiger partial charge in [-0.2, -0.15) is 0 Å². The van der Waals surface area contributed by atoms with Gasteiger partial charge in [0.2, 0.25) is 0 Å². The minimum Gasteiger partial charge on any atom is -0.403 e. The lowest BCUT2D eigenvalue weighted by Crippen LogP contribution is -2.39. The molecule has 7 heteroatoms. The number of allylic oxidation sites excluding steroid dienone is 1. The summed E-state index contributed by atoms with van der Waals surface area (Å²) in [5, 5.41) is 14.0. The van der Waals surface area contributed by atoms with Gasteiger partial charge < -0.3 is 21.1 Å². The topological polar surface area (TPSA) is 94.2 Å². The van der Waals surface area contributed by atoms with E-state index in [-0.39, 0.29) is 5.91 Å². The summed E-state index contributed by atoms with van der Waals surface area (Å²) in [5.74, 6) is -0.0236. The molecule has 4 rings (SSSR count). The first kappa shape index (κ1) is 24.0. The molecule has 1 amide bonds. The van der Waals surface area contributed by atoms with Gasteiger partial charge in [-0.25, -0.2) is 0 Å². The quantitative estimate of drug-likeness (QED) is 0.526. The molecule has 0 radical (unpaired) electrons. The number of nitrogens with one attached hydrogen (secondary N) is 1. The zero-order valence-corrected chi connectivity index (χ0v) is 19.9. The van der Waals surface area contributed by atoms with Crippen molar-refractivity contribution in [2.24, 2.45) is 10.7 Å². The van der Waals surface area contributed by atoms with Crippen LogP contribution in [0.5, 0.6) is 0 Å². The van der Waals surface area contributed by atoms with Crippen molar-refractivity contribution in [3.8, 4) is 0 Å². The fourth-order valence-corrected chi connectivity index (χ4v) is 4.82. The Hall–Kier alpha value is -3.16. The Kier molecular flexibility index (Phi) is 7.98. The maximum atomic E-state index is 13.4. The van der Waals surface area contributed by atoms with Crippen molar-refractivity contribution < 1.29 is 9.90 Å². The van der Waals surface area contributed by atoms with E-state index in [0.29, 0.717) is 30.8 Å². The number of hydrogen-bond donors (Lipinski definition) is 3. The van der Waals surface area contributed by atoms with E-state index in [1.54, 1.807) is 18.2 Å². The van der Waals surface area contributed by atoms with E-state index >= 15 is 0 Å². The first-order chi connectivity index (χ1) is 16.6. The molecular weight excluding hydrogens is 426 g/mol. The molecule has 0 saturated heterocycles. The predicted molar refractivity (Wildman–Crippen MR) is 137 cm³/mol. The number of anilines is 1. The van der Waals surface area contributed by atoms with Gasteiger partial charge >= 0.3 is 0 Å². The number of aryl methyl sites for hydroxylation is 1. The number of β-amino-alcohol motifs (C(OH)–C–C–N with tert-alkyl or cyclic N) is 1. The molecule has 1 atom stereocenters. The SMILES string of the molecule is CN=CC(=CN)Nc1ccc2c(c1)C(=O)N(CC(O)CCN1CCc3ccccc3C1)CCC2. The number of hydrogen-bond acceptors (Lipinski definition) is 6. The number of amides is 1. The monoisotopic (exact) mass is 461 g/mol. The van der Waals surface area contributed by atoms with E-state index in [0.717, 1.165) is 50.1 Å². The van der Waals surface area contributed by atoms with Crippen molar-refractivity contribution in [2.45, 2.75) is 38.3 Å². The highest BCUT2D eigenvalue weighted by molar-refractivity contribution is 5.97. The van der Waals surface area contributed by atoms with Gasteiger partial charge in [-0.05, 0) is 54.5 Å². The lowest BCUT2D eigenvalue weighted by Gasteiger charge is -2.30. The van der Waals surface area contributed by atoms with Crippen LogP contribution in [0.15, 0.2) is 59.4 Å². The zero-order valence-electron chi connectivity index (χ0n) is 19.9. The summed E-state index contributed by atoms with van der Waals surface area (Å²) in [6, 6.07) is 14.4. The van der Waals surface area contributed by atoms with E-state index in [1.165, 1.54) is 17.3 Å². The van der Waals surface area contributed by atoms with Gasteiger partial charge in [0.25, 0.3) is 5.91 Å². The number of rotatable bonds is 8. The molecule has 0 saturated carbocycles. The molecule has 1 unspecified atom stereocenters. The summed E-state index contributed by atoms with van der Waals surface area (Å²) >= 11 is 0. The van der Waals surface area contributed by atoms with E-state index in [4.69, 9.17) is 5.73 Å². The van der Waals surface area contributed by atoms with Gasteiger partial charge in [0.05, 0.1) is 11.8 Å². The van der Waals surface area contributed by atoms with Crippen LogP contribution in [0.1, 0.15) is 39.9 Å². The van der Waals surface area contributed by atoms with Crippen LogP contribution >= 0.6 is 0 Å². The van der Waals surface area contributed by atoms with Crippen molar-refractivity contribution in [2.75, 3.05) is 38.5 Å². The highest BCUT2D eigenvalue weighted by Gasteiger charge is 2.25. The first-order valence-electron chi connectivity index (χ1n) is 12.1. The predicted octanol–water partition coefficient (Wildman–Crippen LogP) is 2.80. The van der Waals surface area contributed by atoms with E-state index in [9.17, 15) is 9.90 Å². The first-order valence-corrected chi connectivity index (χ1v) is 12.1. The Bertz CT molecular complexity index is 1060. The minimum atomic E-state index is -0.545. The van der Waals surface area contributed by atoms with Gasteiger partial charge in [0.1, 0.15) is 0 Å². The number of aliphatic imine (C=N–C) groups is 1. The number of nitrogens with two attached hydrogens (primary N) is 1. The molecule has 0 bridgehead atoms. The highest BCUT2D eigenvalue weighted by atomic mass is 16.3. The Labute approximate surface area is 202 Å². The average Bonchev–Trinajstić information content (AvgIpc) is 3.01. The molecule has 2 aliphatic heterocycles. The lowest BCUT2D eigenvalue weighted by atomic mass is 9.99. The van der Waals surface area contributed by atoms with Crippen LogP contribution in [0.4, 0.5) is 5.69 Å². The fraction of sp³-hybridized carbons (Fsp3) is 0.407. The summed E-state index contributed by atoms with van der Waals surface area (Å²) in [4.78, 5) is 21.5.